The van der Waals surface area contributed by atoms with E-state index in [-0.39, 0.29) is 32.8 Å². The molecule has 0 saturated heterocycles. The Kier molecular flexibility index (Phi) is 5.80. The van der Waals surface area contributed by atoms with Crippen LogP contribution >= 0.6 is 0 Å². The summed E-state index contributed by atoms with van der Waals surface area (Å²) in [5.41, 5.74) is -0.0641. The van der Waals surface area contributed by atoms with Crippen molar-refractivity contribution in [3.05, 3.63) is 35.4 Å². The van der Waals surface area contributed by atoms with Crippen molar-refractivity contribution in [2.45, 2.75) is 0 Å². The minimum atomic E-state index is -1.00. The van der Waals surface area contributed by atoms with E-state index in [1.807, 2.05) is 0 Å². The van der Waals surface area contributed by atoms with Crippen molar-refractivity contribution in [2.24, 2.45) is 0 Å². The van der Waals surface area contributed by atoms with Crippen molar-refractivity contribution in [1.82, 2.24) is 0 Å². The zero-order valence-corrected chi connectivity index (χ0v) is 8.90. The van der Waals surface area contributed by atoms with Gasteiger partial charge in [-0.1, -0.05) is 6.07 Å². The van der Waals surface area contributed by atoms with Gasteiger partial charge in [0.2, 0.25) is 0 Å². The van der Waals surface area contributed by atoms with Crippen LogP contribution in [-0.2, 0) is 31.5 Å². The van der Waals surface area contributed by atoms with Crippen LogP contribution in [0.1, 0.15) is 20.7 Å². The summed E-state index contributed by atoms with van der Waals surface area (Å²) in [4.78, 5) is 28.5. The van der Waals surface area contributed by atoms with Gasteiger partial charge in [0, 0.05) is 21.7 Å². The third-order valence-corrected chi connectivity index (χ3v) is 1.50. The second-order valence-electron chi connectivity index (χ2n) is 2.34. The van der Waals surface area contributed by atoms with Crippen LogP contribution in [0, 0.1) is 0 Å². The fourth-order valence-corrected chi connectivity index (χ4v) is 0.879. The van der Waals surface area contributed by atoms with Gasteiger partial charge in [0.15, 0.2) is 0 Å². The molecule has 0 heterocycles. The van der Waals surface area contributed by atoms with Crippen LogP contribution < -0.4 is 0 Å². The summed E-state index contributed by atoms with van der Waals surface area (Å²) in [6.07, 6.45) is 0. The second kappa shape index (κ2) is 6.31. The number of hydrogen-bond acceptors (Lipinski definition) is 6. The van der Waals surface area contributed by atoms with Crippen LogP contribution in [0.15, 0.2) is 24.3 Å². The van der Waals surface area contributed by atoms with Crippen LogP contribution in [0.4, 0.5) is 0 Å². The Morgan fingerprint density at radius 2 is 1.40 bits per heavy atom. The Balaban J connectivity index is 0.00000196. The molecule has 1 aromatic rings. The van der Waals surface area contributed by atoms with E-state index in [4.69, 9.17) is 10.5 Å². The number of carbonyl (C=O) groups is 2. The second-order valence-corrected chi connectivity index (χ2v) is 2.34. The molecule has 1 rings (SSSR count). The normalized spacial score (nSPS) is 8.67. The SMILES string of the molecule is O=C(OO)c1cccc(C(=O)OO)c1.[Ti]. The summed E-state index contributed by atoms with van der Waals surface area (Å²) in [5.74, 6) is -2.00. The number of benzene rings is 1. The first-order valence-corrected chi connectivity index (χ1v) is 3.50. The quantitative estimate of drug-likeness (QED) is 0.458. The van der Waals surface area contributed by atoms with E-state index in [2.05, 4.69) is 9.78 Å². The molecule has 6 nitrogen and oxygen atoms in total. The molecule has 0 bridgehead atoms. The van der Waals surface area contributed by atoms with Crippen molar-refractivity contribution in [1.29, 1.82) is 0 Å². The molecule has 7 heteroatoms. The van der Waals surface area contributed by atoms with E-state index < -0.39 is 11.9 Å². The summed E-state index contributed by atoms with van der Waals surface area (Å²) in [6, 6.07) is 5.13. The van der Waals surface area contributed by atoms with Gasteiger partial charge in [0.25, 0.3) is 0 Å². The van der Waals surface area contributed by atoms with Crippen molar-refractivity contribution in [3.8, 4) is 0 Å². The number of carbonyl (C=O) groups excluding carboxylic acids is 2. The average molecular weight is 246 g/mol. The van der Waals surface area contributed by atoms with Gasteiger partial charge in [-0.05, 0) is 18.2 Å². The fraction of sp³-hybridized carbons (Fsp3) is 0. The molecule has 1 aromatic carbocycles. The summed E-state index contributed by atoms with van der Waals surface area (Å²) in [5, 5.41) is 16.1. The third-order valence-electron chi connectivity index (χ3n) is 1.50. The fourth-order valence-electron chi connectivity index (χ4n) is 0.879. The number of hydrogen-bond donors (Lipinski definition) is 2. The standard InChI is InChI=1S/C8H6O6.Ti/c9-7(13-11)5-2-1-3-6(4-5)8(10)14-12;/h1-4,11-12H;. The molecule has 0 radical (unpaired) electrons. The van der Waals surface area contributed by atoms with Crippen molar-refractivity contribution in [3.63, 3.8) is 0 Å². The molecule has 2 N–H and O–H groups in total. The van der Waals surface area contributed by atoms with Crippen molar-refractivity contribution >= 4 is 11.9 Å². The Hall–Kier alpha value is -1.21. The molecule has 0 amide bonds. The van der Waals surface area contributed by atoms with Crippen molar-refractivity contribution < 1.29 is 51.6 Å². The third kappa shape index (κ3) is 3.45. The molecule has 0 aliphatic carbocycles. The Morgan fingerprint density at radius 3 is 1.73 bits per heavy atom. The summed E-state index contributed by atoms with van der Waals surface area (Å²) in [6.45, 7) is 0. The molecular weight excluding hydrogens is 240 g/mol. The smallest absolute Gasteiger partial charge is 0.296 e. The van der Waals surface area contributed by atoms with Gasteiger partial charge in [-0.2, -0.15) is 10.5 Å². The van der Waals surface area contributed by atoms with Gasteiger partial charge in [-0.25, -0.2) is 9.59 Å². The predicted molar refractivity (Wildman–Crippen MR) is 42.5 cm³/mol. The first-order chi connectivity index (χ1) is 6.69. The first kappa shape index (κ1) is 13.8. The van der Waals surface area contributed by atoms with Crippen LogP contribution in [0.25, 0.3) is 0 Å². The van der Waals surface area contributed by atoms with E-state index >= 15 is 0 Å². The van der Waals surface area contributed by atoms with E-state index in [1.165, 1.54) is 18.2 Å². The summed E-state index contributed by atoms with van der Waals surface area (Å²) in [7, 11) is 0. The van der Waals surface area contributed by atoms with Crippen LogP contribution in [0.3, 0.4) is 0 Å². The van der Waals surface area contributed by atoms with E-state index in [0.717, 1.165) is 6.07 Å². The molecule has 0 atom stereocenters. The van der Waals surface area contributed by atoms with E-state index in [9.17, 15) is 9.59 Å². The Labute approximate surface area is 99.2 Å². The molecule has 0 saturated carbocycles. The van der Waals surface area contributed by atoms with Gasteiger partial charge < -0.3 is 0 Å². The molecule has 0 unspecified atom stereocenters. The largest absolute Gasteiger partial charge is 0.372 e. The van der Waals surface area contributed by atoms with E-state index in [0.29, 0.717) is 0 Å². The van der Waals surface area contributed by atoms with E-state index in [1.54, 1.807) is 0 Å². The maximum Gasteiger partial charge on any atom is 0.372 e. The molecular formula is C8H6O6Ti. The Morgan fingerprint density at radius 1 is 1.00 bits per heavy atom. The minimum absolute atomic E-state index is 0. The zero-order chi connectivity index (χ0) is 10.6. The predicted octanol–water partition coefficient (Wildman–Crippen LogP) is 0.944. The van der Waals surface area contributed by atoms with Gasteiger partial charge in [0.1, 0.15) is 0 Å². The van der Waals surface area contributed by atoms with Crippen LogP contribution in [0.5, 0.6) is 0 Å². The average Bonchev–Trinajstić information content (AvgIpc) is 2.27. The van der Waals surface area contributed by atoms with Crippen LogP contribution in [-0.4, -0.2) is 22.5 Å². The molecule has 0 aliphatic rings. The zero-order valence-electron chi connectivity index (χ0n) is 7.34. The summed E-state index contributed by atoms with van der Waals surface area (Å²) >= 11 is 0. The van der Waals surface area contributed by atoms with Crippen LogP contribution in [0.2, 0.25) is 0 Å². The molecule has 78 valence electrons. The molecule has 0 spiro atoms. The summed E-state index contributed by atoms with van der Waals surface area (Å²) < 4.78 is 0. The number of rotatable bonds is 2. The monoisotopic (exact) mass is 246 g/mol. The molecule has 0 aliphatic heterocycles. The Bertz CT molecular complexity index is 333. The van der Waals surface area contributed by atoms with Gasteiger partial charge in [0.05, 0.1) is 11.1 Å². The topological polar surface area (TPSA) is 93.1 Å². The molecule has 0 fully saturated rings. The maximum absolute atomic E-state index is 10.8. The maximum atomic E-state index is 10.8. The van der Waals surface area contributed by atoms with Gasteiger partial charge >= 0.3 is 11.9 Å². The minimum Gasteiger partial charge on any atom is -0.296 e. The van der Waals surface area contributed by atoms with Crippen molar-refractivity contribution in [2.75, 3.05) is 0 Å². The first-order valence-electron chi connectivity index (χ1n) is 3.50. The molecule has 15 heavy (non-hydrogen) atoms. The van der Waals surface area contributed by atoms with Gasteiger partial charge in [-0.15, -0.1) is 0 Å². The van der Waals surface area contributed by atoms with Gasteiger partial charge in [-0.3, -0.25) is 9.78 Å². The molecule has 0 aromatic heterocycles.